The van der Waals surface area contributed by atoms with Crippen molar-refractivity contribution in [1.29, 1.82) is 0 Å². The molecule has 0 radical (unpaired) electrons. The van der Waals surface area contributed by atoms with Crippen molar-refractivity contribution < 1.29 is 14.5 Å². The zero-order valence-corrected chi connectivity index (χ0v) is 14.9. The van der Waals surface area contributed by atoms with Crippen LogP contribution >= 0.6 is 0 Å². The molecule has 0 spiro atoms. The molecule has 0 atom stereocenters. The monoisotopic (exact) mass is 355 g/mol. The molecule has 2 rings (SSSR count). The second-order valence-electron chi connectivity index (χ2n) is 6.86. The highest BCUT2D eigenvalue weighted by atomic mass is 16.6. The molecule has 2 aromatic rings. The number of nitrogens with zero attached hydrogens (tertiary/aromatic N) is 1. The van der Waals surface area contributed by atoms with E-state index in [9.17, 15) is 19.7 Å². The third-order valence-electron chi connectivity index (χ3n) is 3.47. The van der Waals surface area contributed by atoms with E-state index in [1.807, 2.05) is 20.8 Å². The normalized spacial score (nSPS) is 10.9. The van der Waals surface area contributed by atoms with Gasteiger partial charge in [-0.25, -0.2) is 0 Å². The average Bonchev–Trinajstić information content (AvgIpc) is 2.54. The molecule has 0 aliphatic rings. The van der Waals surface area contributed by atoms with E-state index in [1.54, 1.807) is 36.4 Å². The van der Waals surface area contributed by atoms with E-state index in [0.717, 1.165) is 0 Å². The number of nitro benzene ring substituents is 1. The molecule has 0 unspecified atom stereocenters. The molecule has 0 aromatic heterocycles. The third-order valence-corrected chi connectivity index (χ3v) is 3.47. The van der Waals surface area contributed by atoms with Crippen molar-refractivity contribution in [3.8, 4) is 0 Å². The molecule has 0 bridgehead atoms. The van der Waals surface area contributed by atoms with Gasteiger partial charge in [0.25, 0.3) is 11.6 Å². The highest BCUT2D eigenvalue weighted by Crippen LogP contribution is 2.20. The Morgan fingerprint density at radius 1 is 1.04 bits per heavy atom. The minimum atomic E-state index is -0.520. The molecule has 0 aliphatic heterocycles. The van der Waals surface area contributed by atoms with Crippen molar-refractivity contribution in [2.45, 2.75) is 32.7 Å². The molecule has 7 nitrogen and oxygen atoms in total. The lowest BCUT2D eigenvalue weighted by atomic mass is 10.1. The lowest BCUT2D eigenvalue weighted by Gasteiger charge is -2.21. The molecule has 0 fully saturated rings. The van der Waals surface area contributed by atoms with Crippen LogP contribution in [0.2, 0.25) is 0 Å². The Labute approximate surface area is 151 Å². The molecule has 2 aromatic carbocycles. The van der Waals surface area contributed by atoms with Crippen molar-refractivity contribution in [2.75, 3.05) is 5.32 Å². The summed E-state index contributed by atoms with van der Waals surface area (Å²) >= 11 is 0. The number of rotatable bonds is 5. The number of benzene rings is 2. The fourth-order valence-electron chi connectivity index (χ4n) is 2.40. The molecular weight excluding hydrogens is 334 g/mol. The maximum Gasteiger partial charge on any atom is 0.273 e. The number of hydrogen-bond donors (Lipinski definition) is 2. The SMILES string of the molecule is CC(C)(C)NC(=O)c1ccccc1NC(=O)Cc1ccccc1[N+](=O)[O-]. The first-order valence-electron chi connectivity index (χ1n) is 8.11. The maximum absolute atomic E-state index is 12.4. The van der Waals surface area contributed by atoms with Crippen LogP contribution in [-0.2, 0) is 11.2 Å². The smallest absolute Gasteiger partial charge is 0.273 e. The lowest BCUT2D eigenvalue weighted by Crippen LogP contribution is -2.40. The van der Waals surface area contributed by atoms with Crippen LogP contribution in [-0.4, -0.2) is 22.3 Å². The zero-order valence-electron chi connectivity index (χ0n) is 14.9. The summed E-state index contributed by atoms with van der Waals surface area (Å²) in [5, 5.41) is 16.6. The highest BCUT2D eigenvalue weighted by molar-refractivity contribution is 6.04. The van der Waals surface area contributed by atoms with Gasteiger partial charge < -0.3 is 10.6 Å². The third kappa shape index (κ3) is 5.14. The number of nitro groups is 1. The first kappa shape index (κ1) is 19.1. The van der Waals surface area contributed by atoms with Gasteiger partial charge in [0.1, 0.15) is 0 Å². The summed E-state index contributed by atoms with van der Waals surface area (Å²) in [7, 11) is 0. The van der Waals surface area contributed by atoms with E-state index in [1.165, 1.54) is 12.1 Å². The fourth-order valence-corrected chi connectivity index (χ4v) is 2.40. The molecule has 2 amide bonds. The minimum absolute atomic E-state index is 0.110. The highest BCUT2D eigenvalue weighted by Gasteiger charge is 2.20. The quantitative estimate of drug-likeness (QED) is 0.634. The molecule has 0 aliphatic carbocycles. The standard InChI is InChI=1S/C19H21N3O4/c1-19(2,3)21-18(24)14-9-5-6-10-15(14)20-17(23)12-13-8-4-7-11-16(13)22(25)26/h4-11H,12H2,1-3H3,(H,20,23)(H,21,24). The molecular formula is C19H21N3O4. The summed E-state index contributed by atoms with van der Waals surface area (Å²) in [6, 6.07) is 12.7. The van der Waals surface area contributed by atoms with Gasteiger partial charge in [-0.05, 0) is 32.9 Å². The largest absolute Gasteiger partial charge is 0.347 e. The molecule has 2 N–H and O–H groups in total. The zero-order chi connectivity index (χ0) is 19.3. The van der Waals surface area contributed by atoms with Crippen LogP contribution in [0.3, 0.4) is 0 Å². The number of anilines is 1. The van der Waals surface area contributed by atoms with Crippen LogP contribution < -0.4 is 10.6 Å². The van der Waals surface area contributed by atoms with Gasteiger partial charge in [-0.2, -0.15) is 0 Å². The van der Waals surface area contributed by atoms with E-state index < -0.39 is 16.4 Å². The van der Waals surface area contributed by atoms with Gasteiger partial charge in [-0.1, -0.05) is 30.3 Å². The van der Waals surface area contributed by atoms with Crippen molar-refractivity contribution in [2.24, 2.45) is 0 Å². The van der Waals surface area contributed by atoms with Crippen LogP contribution in [0.25, 0.3) is 0 Å². The summed E-state index contributed by atoms with van der Waals surface area (Å²) in [6.45, 7) is 5.59. The predicted molar refractivity (Wildman–Crippen MR) is 99.1 cm³/mol. The van der Waals surface area contributed by atoms with Crippen molar-refractivity contribution in [3.63, 3.8) is 0 Å². The summed E-state index contributed by atoms with van der Waals surface area (Å²) in [6.07, 6.45) is -0.160. The Morgan fingerprint density at radius 3 is 2.31 bits per heavy atom. The summed E-state index contributed by atoms with van der Waals surface area (Å²) in [5.41, 5.74) is 0.475. The number of nitrogens with one attached hydrogen (secondary N) is 2. The number of para-hydroxylation sites is 2. The number of carbonyl (C=O) groups is 2. The van der Waals surface area contributed by atoms with E-state index in [4.69, 9.17) is 0 Å². The molecule has 0 heterocycles. The molecule has 0 saturated carbocycles. The molecule has 7 heteroatoms. The van der Waals surface area contributed by atoms with Gasteiger partial charge in [0.2, 0.25) is 5.91 Å². The number of hydrogen-bond acceptors (Lipinski definition) is 4. The number of amides is 2. The topological polar surface area (TPSA) is 101 Å². The van der Waals surface area contributed by atoms with Gasteiger partial charge in [0.15, 0.2) is 0 Å². The molecule has 26 heavy (non-hydrogen) atoms. The Balaban J connectivity index is 2.18. The molecule has 0 saturated heterocycles. The van der Waals surface area contributed by atoms with Crippen molar-refractivity contribution in [1.82, 2.24) is 5.32 Å². The van der Waals surface area contributed by atoms with Crippen LogP contribution in [0.15, 0.2) is 48.5 Å². The van der Waals surface area contributed by atoms with Gasteiger partial charge in [-0.15, -0.1) is 0 Å². The van der Waals surface area contributed by atoms with Crippen LogP contribution in [0, 0.1) is 10.1 Å². The van der Waals surface area contributed by atoms with Crippen molar-refractivity contribution in [3.05, 3.63) is 69.8 Å². The average molecular weight is 355 g/mol. The predicted octanol–water partition coefficient (Wildman–Crippen LogP) is 3.30. The Morgan fingerprint density at radius 2 is 1.65 bits per heavy atom. The van der Waals surface area contributed by atoms with Gasteiger partial charge in [0.05, 0.1) is 22.6 Å². The first-order chi connectivity index (χ1) is 12.2. The summed E-state index contributed by atoms with van der Waals surface area (Å²) in [5.74, 6) is -0.741. The van der Waals surface area contributed by atoms with Gasteiger partial charge in [-0.3, -0.25) is 19.7 Å². The first-order valence-corrected chi connectivity index (χ1v) is 8.11. The second kappa shape index (κ2) is 7.77. The second-order valence-corrected chi connectivity index (χ2v) is 6.86. The van der Waals surface area contributed by atoms with Crippen LogP contribution in [0.1, 0.15) is 36.7 Å². The lowest BCUT2D eigenvalue weighted by molar-refractivity contribution is -0.385. The minimum Gasteiger partial charge on any atom is -0.347 e. The summed E-state index contributed by atoms with van der Waals surface area (Å²) in [4.78, 5) is 35.3. The van der Waals surface area contributed by atoms with Crippen molar-refractivity contribution >= 4 is 23.2 Å². The Bertz CT molecular complexity index is 841. The fraction of sp³-hybridized carbons (Fsp3) is 0.263. The van der Waals surface area contributed by atoms with Gasteiger partial charge in [0, 0.05) is 17.2 Å². The Hall–Kier alpha value is -3.22. The molecule has 136 valence electrons. The van der Waals surface area contributed by atoms with E-state index in [0.29, 0.717) is 16.8 Å². The van der Waals surface area contributed by atoms with Crippen LogP contribution in [0.5, 0.6) is 0 Å². The Kier molecular flexibility index (Phi) is 5.71. The maximum atomic E-state index is 12.4. The van der Waals surface area contributed by atoms with E-state index in [2.05, 4.69) is 10.6 Å². The van der Waals surface area contributed by atoms with Gasteiger partial charge >= 0.3 is 0 Å². The van der Waals surface area contributed by atoms with Crippen LogP contribution in [0.4, 0.5) is 11.4 Å². The van der Waals surface area contributed by atoms with E-state index in [-0.39, 0.29) is 18.0 Å². The number of carbonyl (C=O) groups excluding carboxylic acids is 2. The van der Waals surface area contributed by atoms with E-state index >= 15 is 0 Å². The summed E-state index contributed by atoms with van der Waals surface area (Å²) < 4.78 is 0.